The van der Waals surface area contributed by atoms with Gasteiger partial charge >= 0.3 is 11.9 Å². The van der Waals surface area contributed by atoms with E-state index < -0.39 is 6.10 Å². The number of esters is 2. The SMILES string of the molecule is CC/C=C\C/C=C\C/C=C\C/C=C\C/C=C\C/C=C\C/C=C\C/C=C\C/C=C\CCCCCCCCCCCCCC(=O)OC(CO)COC(=O)CCCCCCCCC. The van der Waals surface area contributed by atoms with Crippen molar-refractivity contribution < 1.29 is 24.2 Å². The zero-order valence-corrected chi connectivity index (χ0v) is 38.7. The van der Waals surface area contributed by atoms with Crippen LogP contribution in [-0.2, 0) is 19.1 Å². The number of aliphatic hydroxyl groups is 1. The normalized spacial score (nSPS) is 13.2. The van der Waals surface area contributed by atoms with Gasteiger partial charge in [-0.15, -0.1) is 0 Å². The fourth-order valence-corrected chi connectivity index (χ4v) is 6.43. The van der Waals surface area contributed by atoms with Gasteiger partial charge in [-0.25, -0.2) is 0 Å². The van der Waals surface area contributed by atoms with Crippen LogP contribution in [0.15, 0.2) is 109 Å². The van der Waals surface area contributed by atoms with E-state index in [4.69, 9.17) is 9.47 Å². The van der Waals surface area contributed by atoms with Gasteiger partial charge in [-0.2, -0.15) is 0 Å². The molecule has 1 unspecified atom stereocenters. The molecule has 1 atom stereocenters. The van der Waals surface area contributed by atoms with Crippen LogP contribution in [0.3, 0.4) is 0 Å². The molecule has 0 bridgehead atoms. The molecule has 0 radical (unpaired) electrons. The van der Waals surface area contributed by atoms with E-state index in [0.29, 0.717) is 12.8 Å². The molecule has 0 rings (SSSR count). The molecule has 0 aromatic heterocycles. The Balaban J connectivity index is 3.55. The fourth-order valence-electron chi connectivity index (χ4n) is 6.43. The monoisotopic (exact) mass is 831 g/mol. The smallest absolute Gasteiger partial charge is 0.306 e. The number of unbranched alkanes of at least 4 members (excludes halogenated alkanes) is 17. The first kappa shape index (κ1) is 56.6. The van der Waals surface area contributed by atoms with E-state index in [1.165, 1.54) is 83.5 Å². The average molecular weight is 831 g/mol. The van der Waals surface area contributed by atoms with Crippen LogP contribution in [0.4, 0.5) is 0 Å². The summed E-state index contributed by atoms with van der Waals surface area (Å²) in [5.74, 6) is -0.606. The van der Waals surface area contributed by atoms with E-state index in [1.54, 1.807) is 0 Å². The van der Waals surface area contributed by atoms with Gasteiger partial charge in [0, 0.05) is 12.8 Å². The van der Waals surface area contributed by atoms with E-state index >= 15 is 0 Å². The first-order valence-corrected chi connectivity index (χ1v) is 24.4. The summed E-state index contributed by atoms with van der Waals surface area (Å²) in [6.45, 7) is 3.96. The number of rotatable bonds is 43. The summed E-state index contributed by atoms with van der Waals surface area (Å²) in [6, 6.07) is 0. The summed E-state index contributed by atoms with van der Waals surface area (Å²) in [6.07, 6.45) is 72.1. The van der Waals surface area contributed by atoms with Crippen LogP contribution < -0.4 is 0 Å². The van der Waals surface area contributed by atoms with Gasteiger partial charge in [-0.05, 0) is 83.5 Å². The van der Waals surface area contributed by atoms with E-state index in [0.717, 1.165) is 96.3 Å². The molecule has 0 saturated heterocycles. The highest BCUT2D eigenvalue weighted by Crippen LogP contribution is 2.14. The van der Waals surface area contributed by atoms with E-state index in [9.17, 15) is 14.7 Å². The Morgan fingerprint density at radius 2 is 0.717 bits per heavy atom. The molecular weight excluding hydrogens is 741 g/mol. The molecule has 0 aliphatic heterocycles. The van der Waals surface area contributed by atoms with Crippen LogP contribution >= 0.6 is 0 Å². The summed E-state index contributed by atoms with van der Waals surface area (Å²) < 4.78 is 10.6. The van der Waals surface area contributed by atoms with Gasteiger partial charge in [0.1, 0.15) is 6.61 Å². The summed E-state index contributed by atoms with van der Waals surface area (Å²) in [7, 11) is 0. The molecule has 5 heteroatoms. The largest absolute Gasteiger partial charge is 0.462 e. The van der Waals surface area contributed by atoms with Crippen molar-refractivity contribution in [2.75, 3.05) is 13.2 Å². The Labute approximate surface area is 370 Å². The Kier molecular flexibility index (Phi) is 47.1. The Morgan fingerprint density at radius 1 is 0.400 bits per heavy atom. The zero-order valence-electron chi connectivity index (χ0n) is 38.7. The molecule has 340 valence electrons. The minimum atomic E-state index is -0.774. The number of aliphatic hydroxyl groups excluding tert-OH is 1. The lowest BCUT2D eigenvalue weighted by Crippen LogP contribution is -2.28. The highest BCUT2D eigenvalue weighted by atomic mass is 16.6. The van der Waals surface area contributed by atoms with Crippen molar-refractivity contribution in [1.29, 1.82) is 0 Å². The molecule has 60 heavy (non-hydrogen) atoms. The molecule has 0 amide bonds. The topological polar surface area (TPSA) is 72.8 Å². The van der Waals surface area contributed by atoms with E-state index in [1.807, 2.05) is 0 Å². The number of carbonyl (C=O) groups is 2. The number of hydrogen-bond donors (Lipinski definition) is 1. The van der Waals surface area contributed by atoms with Crippen LogP contribution in [0, 0.1) is 0 Å². The Morgan fingerprint density at radius 3 is 1.08 bits per heavy atom. The third-order valence-corrected chi connectivity index (χ3v) is 10.1. The molecule has 0 spiro atoms. The number of allylic oxidation sites excluding steroid dienone is 18. The first-order chi connectivity index (χ1) is 29.6. The van der Waals surface area contributed by atoms with Crippen molar-refractivity contribution >= 4 is 11.9 Å². The molecule has 0 fully saturated rings. The summed E-state index contributed by atoms with van der Waals surface area (Å²) in [5, 5.41) is 9.53. The highest BCUT2D eigenvalue weighted by Gasteiger charge is 2.16. The number of carbonyl (C=O) groups excluding carboxylic acids is 2. The standard InChI is InChI=1S/C55H90O5/c1-3-5-7-9-11-12-13-14-15-16-17-18-19-20-21-22-23-24-25-26-27-28-29-30-31-32-33-34-35-36-37-38-39-40-41-42-44-46-48-50-55(58)60-53(51-56)52-59-54(57)49-47-45-43-10-8-6-4-2/h5,7,11-12,14-15,17-18,20-21,23-24,26-27,29-30,32-33,53,56H,3-4,6,8-10,13,16,19,22,25,28,31,34-52H2,1-2H3/b7-5-,12-11-,15-14-,18-17-,21-20-,24-23-,27-26-,30-29-,33-32-. The van der Waals surface area contributed by atoms with Crippen molar-refractivity contribution in [3.63, 3.8) is 0 Å². The van der Waals surface area contributed by atoms with E-state index in [2.05, 4.69) is 123 Å². The molecule has 0 heterocycles. The Hall–Kier alpha value is -3.44. The lowest BCUT2D eigenvalue weighted by atomic mass is 10.0. The fraction of sp³-hybridized carbons (Fsp3) is 0.636. The van der Waals surface area contributed by atoms with Gasteiger partial charge in [0.25, 0.3) is 0 Å². The first-order valence-electron chi connectivity index (χ1n) is 24.4. The second kappa shape index (κ2) is 49.9. The van der Waals surface area contributed by atoms with Gasteiger partial charge in [-0.3, -0.25) is 9.59 Å². The quantitative estimate of drug-likeness (QED) is 0.0376. The van der Waals surface area contributed by atoms with Crippen LogP contribution in [0.1, 0.15) is 206 Å². The number of ether oxygens (including phenoxy) is 2. The predicted octanol–water partition coefficient (Wildman–Crippen LogP) is 16.2. The molecule has 0 aliphatic carbocycles. The molecule has 0 aromatic rings. The highest BCUT2D eigenvalue weighted by molar-refractivity contribution is 5.70. The van der Waals surface area contributed by atoms with Gasteiger partial charge in [-0.1, -0.05) is 220 Å². The van der Waals surface area contributed by atoms with Crippen molar-refractivity contribution in [3.05, 3.63) is 109 Å². The minimum absolute atomic E-state index is 0.0702. The van der Waals surface area contributed by atoms with Crippen LogP contribution in [-0.4, -0.2) is 36.4 Å². The number of hydrogen-bond acceptors (Lipinski definition) is 5. The van der Waals surface area contributed by atoms with Crippen molar-refractivity contribution in [1.82, 2.24) is 0 Å². The third-order valence-electron chi connectivity index (χ3n) is 10.1. The molecule has 1 N–H and O–H groups in total. The van der Waals surface area contributed by atoms with Crippen molar-refractivity contribution in [3.8, 4) is 0 Å². The summed E-state index contributed by atoms with van der Waals surface area (Å²) in [4.78, 5) is 24.1. The van der Waals surface area contributed by atoms with Gasteiger partial charge < -0.3 is 14.6 Å². The molecular formula is C55H90O5. The maximum atomic E-state index is 12.2. The maximum absolute atomic E-state index is 12.2. The zero-order chi connectivity index (χ0) is 43.5. The lowest BCUT2D eigenvalue weighted by molar-refractivity contribution is -0.161. The van der Waals surface area contributed by atoms with Crippen LogP contribution in [0.5, 0.6) is 0 Å². The van der Waals surface area contributed by atoms with Crippen molar-refractivity contribution in [2.45, 2.75) is 213 Å². The van der Waals surface area contributed by atoms with Crippen molar-refractivity contribution in [2.24, 2.45) is 0 Å². The molecule has 0 aliphatic rings. The predicted molar refractivity (Wildman–Crippen MR) is 260 cm³/mol. The summed E-state index contributed by atoms with van der Waals surface area (Å²) in [5.41, 5.74) is 0. The van der Waals surface area contributed by atoms with Crippen LogP contribution in [0.25, 0.3) is 0 Å². The minimum Gasteiger partial charge on any atom is -0.462 e. The molecule has 0 aromatic carbocycles. The van der Waals surface area contributed by atoms with Crippen LogP contribution in [0.2, 0.25) is 0 Å². The lowest BCUT2D eigenvalue weighted by Gasteiger charge is -2.15. The van der Waals surface area contributed by atoms with Gasteiger partial charge in [0.15, 0.2) is 6.10 Å². The summed E-state index contributed by atoms with van der Waals surface area (Å²) >= 11 is 0. The van der Waals surface area contributed by atoms with Gasteiger partial charge in [0.2, 0.25) is 0 Å². The molecule has 0 saturated carbocycles. The second-order valence-electron chi connectivity index (χ2n) is 15.8. The van der Waals surface area contributed by atoms with Gasteiger partial charge in [0.05, 0.1) is 6.61 Å². The average Bonchev–Trinajstić information content (AvgIpc) is 3.25. The second-order valence-corrected chi connectivity index (χ2v) is 15.8. The van der Waals surface area contributed by atoms with E-state index in [-0.39, 0.29) is 25.2 Å². The third kappa shape index (κ3) is 47.2. The Bertz CT molecular complexity index is 1210. The molecule has 5 nitrogen and oxygen atoms in total. The maximum Gasteiger partial charge on any atom is 0.306 e.